The SMILES string of the molecule is CCn1ncc2c1C(NC(=O)c1ccccc1Cl)CCN2C(=O)c1cnc(OC)c(OC)c1. The number of aryl methyl sites for hydroxylation is 1. The molecule has 0 saturated heterocycles. The molecule has 4 rings (SSSR count). The monoisotopic (exact) mass is 469 g/mol. The number of benzene rings is 1. The number of amides is 2. The van der Waals surface area contributed by atoms with Gasteiger partial charge in [0.2, 0.25) is 0 Å². The molecule has 0 fully saturated rings. The number of aromatic nitrogens is 3. The first-order valence-electron chi connectivity index (χ1n) is 10.5. The van der Waals surface area contributed by atoms with Gasteiger partial charge >= 0.3 is 0 Å². The first kappa shape index (κ1) is 22.6. The Kier molecular flexibility index (Phi) is 6.50. The maximum absolute atomic E-state index is 13.4. The van der Waals surface area contributed by atoms with E-state index >= 15 is 0 Å². The molecule has 0 aliphatic carbocycles. The summed E-state index contributed by atoms with van der Waals surface area (Å²) in [7, 11) is 2.98. The van der Waals surface area contributed by atoms with Crippen LogP contribution in [0.15, 0.2) is 42.7 Å². The summed E-state index contributed by atoms with van der Waals surface area (Å²) in [4.78, 5) is 32.1. The minimum Gasteiger partial charge on any atom is -0.491 e. The Morgan fingerprint density at radius 1 is 1.21 bits per heavy atom. The van der Waals surface area contributed by atoms with Crippen LogP contribution in [-0.2, 0) is 6.54 Å². The first-order chi connectivity index (χ1) is 16.0. The maximum atomic E-state index is 13.4. The van der Waals surface area contributed by atoms with E-state index in [0.29, 0.717) is 53.0 Å². The predicted octanol–water partition coefficient (Wildman–Crippen LogP) is 3.49. The first-order valence-corrected chi connectivity index (χ1v) is 10.9. The lowest BCUT2D eigenvalue weighted by atomic mass is 10.0. The average Bonchev–Trinajstić information content (AvgIpc) is 3.28. The molecule has 33 heavy (non-hydrogen) atoms. The van der Waals surface area contributed by atoms with Crippen LogP contribution in [0.1, 0.15) is 45.8 Å². The molecule has 1 aliphatic rings. The summed E-state index contributed by atoms with van der Waals surface area (Å²) >= 11 is 6.20. The van der Waals surface area contributed by atoms with E-state index in [1.165, 1.54) is 20.4 Å². The molecule has 1 aliphatic heterocycles. The van der Waals surface area contributed by atoms with Gasteiger partial charge in [-0.1, -0.05) is 23.7 Å². The highest BCUT2D eigenvalue weighted by Gasteiger charge is 2.34. The van der Waals surface area contributed by atoms with Crippen molar-refractivity contribution < 1.29 is 19.1 Å². The van der Waals surface area contributed by atoms with Crippen molar-refractivity contribution in [2.75, 3.05) is 25.7 Å². The van der Waals surface area contributed by atoms with Gasteiger partial charge in [0.05, 0.1) is 54.0 Å². The zero-order valence-electron chi connectivity index (χ0n) is 18.5. The second-order valence-corrected chi connectivity index (χ2v) is 7.82. The molecule has 2 aromatic heterocycles. The van der Waals surface area contributed by atoms with Gasteiger partial charge in [-0.3, -0.25) is 14.3 Å². The van der Waals surface area contributed by atoms with Crippen molar-refractivity contribution in [2.45, 2.75) is 25.9 Å². The second kappa shape index (κ2) is 9.50. The van der Waals surface area contributed by atoms with E-state index in [1.54, 1.807) is 46.1 Å². The number of fused-ring (bicyclic) bond motifs is 1. The molecule has 9 nitrogen and oxygen atoms in total. The highest BCUT2D eigenvalue weighted by atomic mass is 35.5. The molecule has 3 aromatic rings. The topological polar surface area (TPSA) is 98.6 Å². The number of carbonyl (C=O) groups excluding carboxylic acids is 2. The smallest absolute Gasteiger partial charge is 0.260 e. The molecular weight excluding hydrogens is 446 g/mol. The Bertz CT molecular complexity index is 1200. The Morgan fingerprint density at radius 3 is 2.70 bits per heavy atom. The maximum Gasteiger partial charge on any atom is 0.260 e. The largest absolute Gasteiger partial charge is 0.491 e. The summed E-state index contributed by atoms with van der Waals surface area (Å²) in [5.41, 5.74) is 2.18. The number of halogens is 1. The Balaban J connectivity index is 1.64. The molecule has 0 radical (unpaired) electrons. The molecule has 0 spiro atoms. The van der Waals surface area contributed by atoms with Crippen LogP contribution in [0.5, 0.6) is 11.6 Å². The lowest BCUT2D eigenvalue weighted by Gasteiger charge is -2.33. The van der Waals surface area contributed by atoms with Gasteiger partial charge < -0.3 is 19.7 Å². The Hall–Kier alpha value is -3.59. The quantitative estimate of drug-likeness (QED) is 0.593. The minimum absolute atomic E-state index is 0.240. The normalized spacial score (nSPS) is 15.0. The van der Waals surface area contributed by atoms with Gasteiger partial charge in [0, 0.05) is 25.4 Å². The number of nitrogens with zero attached hydrogens (tertiary/aromatic N) is 4. The molecule has 1 N–H and O–H groups in total. The number of hydrogen-bond donors (Lipinski definition) is 1. The molecule has 0 bridgehead atoms. The van der Waals surface area contributed by atoms with Crippen molar-refractivity contribution in [3.05, 3.63) is 64.6 Å². The van der Waals surface area contributed by atoms with Gasteiger partial charge in [-0.25, -0.2) is 4.98 Å². The molecule has 0 saturated carbocycles. The van der Waals surface area contributed by atoms with Crippen LogP contribution in [0.25, 0.3) is 0 Å². The zero-order valence-corrected chi connectivity index (χ0v) is 19.3. The lowest BCUT2D eigenvalue weighted by Crippen LogP contribution is -2.41. The van der Waals surface area contributed by atoms with Crippen molar-refractivity contribution in [2.24, 2.45) is 0 Å². The van der Waals surface area contributed by atoms with Crippen LogP contribution in [0.3, 0.4) is 0 Å². The van der Waals surface area contributed by atoms with Gasteiger partial charge in [-0.05, 0) is 25.5 Å². The van der Waals surface area contributed by atoms with E-state index in [4.69, 9.17) is 21.1 Å². The third-order valence-corrected chi connectivity index (χ3v) is 5.90. The average molecular weight is 470 g/mol. The van der Waals surface area contributed by atoms with Crippen molar-refractivity contribution >= 4 is 29.1 Å². The van der Waals surface area contributed by atoms with Gasteiger partial charge in [0.15, 0.2) is 5.75 Å². The number of ether oxygens (including phenoxy) is 2. The molecule has 10 heteroatoms. The number of hydrogen-bond acceptors (Lipinski definition) is 6. The van der Waals surface area contributed by atoms with Crippen LogP contribution >= 0.6 is 11.6 Å². The highest BCUT2D eigenvalue weighted by molar-refractivity contribution is 6.33. The fourth-order valence-electron chi connectivity index (χ4n) is 3.96. The van der Waals surface area contributed by atoms with Crippen LogP contribution in [0, 0.1) is 0 Å². The van der Waals surface area contributed by atoms with E-state index in [9.17, 15) is 9.59 Å². The van der Waals surface area contributed by atoms with Crippen LogP contribution in [0.4, 0.5) is 5.69 Å². The number of pyridine rings is 1. The van der Waals surface area contributed by atoms with E-state index < -0.39 is 0 Å². The summed E-state index contributed by atoms with van der Waals surface area (Å²) in [6.07, 6.45) is 3.62. The zero-order chi connectivity index (χ0) is 23.5. The molecule has 1 aromatic carbocycles. The third kappa shape index (κ3) is 4.23. The predicted molar refractivity (Wildman–Crippen MR) is 123 cm³/mol. The van der Waals surface area contributed by atoms with E-state index in [2.05, 4.69) is 15.4 Å². The van der Waals surface area contributed by atoms with E-state index in [0.717, 1.165) is 5.69 Å². The minimum atomic E-state index is -0.321. The fourth-order valence-corrected chi connectivity index (χ4v) is 4.18. The standard InChI is InChI=1S/C23H24ClN5O4/c1-4-29-20-17(27-21(30)15-7-5-6-8-16(15)24)9-10-28(18(20)13-26-29)23(31)14-11-19(32-2)22(33-3)25-12-14/h5-8,11-13,17H,4,9-10H2,1-3H3,(H,27,30). The fraction of sp³-hybridized carbons (Fsp3) is 0.304. The van der Waals surface area contributed by atoms with Crippen molar-refractivity contribution in [3.8, 4) is 11.6 Å². The van der Waals surface area contributed by atoms with Crippen molar-refractivity contribution in [1.82, 2.24) is 20.1 Å². The molecule has 3 heterocycles. The van der Waals surface area contributed by atoms with E-state index in [-0.39, 0.29) is 17.9 Å². The van der Waals surface area contributed by atoms with Gasteiger partial charge in [0.25, 0.3) is 17.7 Å². The Labute approximate surface area is 196 Å². The number of nitrogens with one attached hydrogen (secondary N) is 1. The van der Waals surface area contributed by atoms with Crippen molar-refractivity contribution in [1.29, 1.82) is 0 Å². The van der Waals surface area contributed by atoms with Crippen LogP contribution in [0.2, 0.25) is 5.02 Å². The molecule has 1 unspecified atom stereocenters. The molecular formula is C23H24ClN5O4. The lowest BCUT2D eigenvalue weighted by molar-refractivity contribution is 0.0931. The summed E-state index contributed by atoms with van der Waals surface area (Å²) < 4.78 is 12.2. The molecule has 2 amide bonds. The van der Waals surface area contributed by atoms with Crippen LogP contribution in [-0.4, -0.2) is 47.3 Å². The molecule has 1 atom stereocenters. The Morgan fingerprint density at radius 2 is 2.00 bits per heavy atom. The van der Waals surface area contributed by atoms with Gasteiger partial charge in [-0.2, -0.15) is 5.10 Å². The summed E-state index contributed by atoms with van der Waals surface area (Å²) in [6, 6.07) is 8.18. The number of methoxy groups -OCH3 is 2. The van der Waals surface area contributed by atoms with Crippen LogP contribution < -0.4 is 19.7 Å². The van der Waals surface area contributed by atoms with Crippen molar-refractivity contribution in [3.63, 3.8) is 0 Å². The molecule has 172 valence electrons. The summed E-state index contributed by atoms with van der Waals surface area (Å²) in [5, 5.41) is 7.87. The number of rotatable bonds is 6. The van der Waals surface area contributed by atoms with Gasteiger partial charge in [0.1, 0.15) is 0 Å². The summed E-state index contributed by atoms with van der Waals surface area (Å²) in [5.74, 6) is 0.157. The number of carbonyl (C=O) groups is 2. The van der Waals surface area contributed by atoms with E-state index in [1.807, 2.05) is 6.92 Å². The highest BCUT2D eigenvalue weighted by Crippen LogP contribution is 2.36. The third-order valence-electron chi connectivity index (χ3n) is 5.57. The number of anilines is 1. The van der Waals surface area contributed by atoms with Gasteiger partial charge in [-0.15, -0.1) is 0 Å². The summed E-state index contributed by atoms with van der Waals surface area (Å²) in [6.45, 7) is 2.94. The second-order valence-electron chi connectivity index (χ2n) is 7.42.